The van der Waals surface area contributed by atoms with Crippen molar-refractivity contribution in [2.75, 3.05) is 13.7 Å². The van der Waals surface area contributed by atoms with E-state index in [1.165, 1.54) is 30.6 Å². The molecule has 0 aliphatic heterocycles. The van der Waals surface area contributed by atoms with Crippen LogP contribution in [0.25, 0.3) is 0 Å². The number of benzene rings is 1. The van der Waals surface area contributed by atoms with E-state index in [4.69, 9.17) is 4.74 Å². The number of hydrogen-bond donors (Lipinski definition) is 2. The fourth-order valence-corrected chi connectivity index (χ4v) is 2.62. The van der Waals surface area contributed by atoms with Crippen molar-refractivity contribution in [3.05, 3.63) is 52.0 Å². The molecule has 112 valence electrons. The predicted molar refractivity (Wildman–Crippen MR) is 79.2 cm³/mol. The molecule has 0 aliphatic rings. The standard InChI is InChI=1S/C15H16FNO3S/c1-15(19,11-5-6-21-8-11)9-17-14(18)10-3-4-13(20-2)12(16)7-10/h3-8,19H,9H2,1-2H3,(H,17,18). The molecule has 1 aromatic carbocycles. The minimum Gasteiger partial charge on any atom is -0.494 e. The first kappa shape index (κ1) is 15.5. The Morgan fingerprint density at radius 2 is 2.24 bits per heavy atom. The molecule has 0 fully saturated rings. The van der Waals surface area contributed by atoms with Crippen molar-refractivity contribution in [3.8, 4) is 5.75 Å². The average molecular weight is 309 g/mol. The number of methoxy groups -OCH3 is 1. The maximum atomic E-state index is 13.6. The third-order valence-corrected chi connectivity index (χ3v) is 3.83. The largest absolute Gasteiger partial charge is 0.494 e. The SMILES string of the molecule is COc1ccc(C(=O)NCC(C)(O)c2ccsc2)cc1F. The second-order valence-corrected chi connectivity index (χ2v) is 5.60. The third-order valence-electron chi connectivity index (χ3n) is 3.15. The molecule has 0 aliphatic carbocycles. The van der Waals surface area contributed by atoms with E-state index in [1.54, 1.807) is 13.0 Å². The van der Waals surface area contributed by atoms with Gasteiger partial charge < -0.3 is 15.2 Å². The van der Waals surface area contributed by atoms with Crippen molar-refractivity contribution in [3.63, 3.8) is 0 Å². The lowest BCUT2D eigenvalue weighted by Gasteiger charge is -2.22. The van der Waals surface area contributed by atoms with Crippen LogP contribution in [-0.2, 0) is 5.60 Å². The summed E-state index contributed by atoms with van der Waals surface area (Å²) >= 11 is 1.47. The second-order valence-electron chi connectivity index (χ2n) is 4.82. The van der Waals surface area contributed by atoms with Gasteiger partial charge in [-0.2, -0.15) is 11.3 Å². The minimum atomic E-state index is -1.17. The fourth-order valence-electron chi connectivity index (χ4n) is 1.84. The number of nitrogens with one attached hydrogen (secondary N) is 1. The zero-order valence-corrected chi connectivity index (χ0v) is 12.5. The van der Waals surface area contributed by atoms with Gasteiger partial charge in [0.1, 0.15) is 5.60 Å². The molecule has 0 bridgehead atoms. The Kier molecular flexibility index (Phi) is 4.59. The van der Waals surface area contributed by atoms with Crippen molar-refractivity contribution in [2.24, 2.45) is 0 Å². The Morgan fingerprint density at radius 3 is 2.81 bits per heavy atom. The zero-order valence-electron chi connectivity index (χ0n) is 11.7. The highest BCUT2D eigenvalue weighted by molar-refractivity contribution is 7.08. The third kappa shape index (κ3) is 3.59. The van der Waals surface area contributed by atoms with Crippen molar-refractivity contribution in [2.45, 2.75) is 12.5 Å². The monoisotopic (exact) mass is 309 g/mol. The lowest BCUT2D eigenvalue weighted by atomic mass is 9.99. The summed E-state index contributed by atoms with van der Waals surface area (Å²) in [5.41, 5.74) is -0.260. The van der Waals surface area contributed by atoms with Gasteiger partial charge in [-0.05, 0) is 47.5 Å². The molecule has 2 rings (SSSR count). The van der Waals surface area contributed by atoms with Crippen LogP contribution in [0.1, 0.15) is 22.8 Å². The molecule has 2 N–H and O–H groups in total. The maximum absolute atomic E-state index is 13.6. The highest BCUT2D eigenvalue weighted by Crippen LogP contribution is 2.22. The number of ether oxygens (including phenoxy) is 1. The number of halogens is 1. The Labute approximate surface area is 126 Å². The van der Waals surface area contributed by atoms with Gasteiger partial charge in [-0.25, -0.2) is 4.39 Å². The summed E-state index contributed by atoms with van der Waals surface area (Å²) in [7, 11) is 1.36. The summed E-state index contributed by atoms with van der Waals surface area (Å²) < 4.78 is 18.4. The molecule has 0 saturated carbocycles. The first-order valence-electron chi connectivity index (χ1n) is 6.31. The minimum absolute atomic E-state index is 0.0379. The molecule has 1 amide bonds. The van der Waals surface area contributed by atoms with Crippen LogP contribution in [0.5, 0.6) is 5.75 Å². The van der Waals surface area contributed by atoms with Crippen molar-refractivity contribution < 1.29 is 19.0 Å². The van der Waals surface area contributed by atoms with Crippen molar-refractivity contribution in [1.82, 2.24) is 5.32 Å². The van der Waals surface area contributed by atoms with E-state index in [0.29, 0.717) is 0 Å². The number of hydrogen-bond acceptors (Lipinski definition) is 4. The van der Waals surface area contributed by atoms with E-state index in [2.05, 4.69) is 5.32 Å². The van der Waals surface area contributed by atoms with E-state index in [0.717, 1.165) is 11.6 Å². The van der Waals surface area contributed by atoms with Crippen LogP contribution < -0.4 is 10.1 Å². The highest BCUT2D eigenvalue weighted by atomic mass is 32.1. The first-order valence-corrected chi connectivity index (χ1v) is 7.25. The lowest BCUT2D eigenvalue weighted by molar-refractivity contribution is 0.0530. The predicted octanol–water partition coefficient (Wildman–Crippen LogP) is 2.53. The van der Waals surface area contributed by atoms with Gasteiger partial charge in [0.15, 0.2) is 11.6 Å². The van der Waals surface area contributed by atoms with Crippen molar-refractivity contribution in [1.29, 1.82) is 0 Å². The Hall–Kier alpha value is -1.92. The van der Waals surface area contributed by atoms with E-state index in [9.17, 15) is 14.3 Å². The quantitative estimate of drug-likeness (QED) is 0.892. The summed E-state index contributed by atoms with van der Waals surface area (Å²) in [6.45, 7) is 1.65. The van der Waals surface area contributed by atoms with Crippen LogP contribution in [-0.4, -0.2) is 24.7 Å². The van der Waals surface area contributed by atoms with E-state index in [-0.39, 0.29) is 17.9 Å². The topological polar surface area (TPSA) is 58.6 Å². The Balaban J connectivity index is 2.03. The summed E-state index contributed by atoms with van der Waals surface area (Å²) in [6.07, 6.45) is 0. The van der Waals surface area contributed by atoms with E-state index in [1.807, 2.05) is 10.8 Å². The molecule has 0 spiro atoms. The van der Waals surface area contributed by atoms with Crippen molar-refractivity contribution >= 4 is 17.2 Å². The van der Waals surface area contributed by atoms with Gasteiger partial charge in [0, 0.05) is 5.56 Å². The lowest BCUT2D eigenvalue weighted by Crippen LogP contribution is -2.38. The Bertz CT molecular complexity index is 626. The van der Waals surface area contributed by atoms with Gasteiger partial charge in [0.25, 0.3) is 5.91 Å². The van der Waals surface area contributed by atoms with Gasteiger partial charge in [-0.15, -0.1) is 0 Å². The summed E-state index contributed by atoms with van der Waals surface area (Å²) in [5.74, 6) is -0.973. The summed E-state index contributed by atoms with van der Waals surface area (Å²) in [5, 5.41) is 16.6. The van der Waals surface area contributed by atoms with Crippen LogP contribution in [0.15, 0.2) is 35.0 Å². The van der Waals surface area contributed by atoms with Gasteiger partial charge in [0.2, 0.25) is 0 Å². The van der Waals surface area contributed by atoms with E-state index >= 15 is 0 Å². The van der Waals surface area contributed by atoms with Crippen LogP contribution >= 0.6 is 11.3 Å². The highest BCUT2D eigenvalue weighted by Gasteiger charge is 2.24. The number of carbonyl (C=O) groups excluding carboxylic acids is 1. The summed E-state index contributed by atoms with van der Waals surface area (Å²) in [6, 6.07) is 5.76. The Morgan fingerprint density at radius 1 is 1.48 bits per heavy atom. The molecular formula is C15H16FNO3S. The molecular weight excluding hydrogens is 293 g/mol. The smallest absolute Gasteiger partial charge is 0.251 e. The van der Waals surface area contributed by atoms with E-state index < -0.39 is 17.3 Å². The van der Waals surface area contributed by atoms with Crippen LogP contribution in [0, 0.1) is 5.82 Å². The normalized spacial score (nSPS) is 13.5. The van der Waals surface area contributed by atoms with Gasteiger partial charge >= 0.3 is 0 Å². The molecule has 0 radical (unpaired) electrons. The number of amides is 1. The molecule has 21 heavy (non-hydrogen) atoms. The maximum Gasteiger partial charge on any atom is 0.251 e. The second kappa shape index (κ2) is 6.24. The number of carbonyl (C=O) groups is 1. The zero-order chi connectivity index (χ0) is 15.5. The average Bonchev–Trinajstić information content (AvgIpc) is 2.99. The summed E-state index contributed by atoms with van der Waals surface area (Å²) in [4.78, 5) is 12.0. The van der Waals surface area contributed by atoms with Gasteiger partial charge in [0.05, 0.1) is 13.7 Å². The molecule has 1 unspecified atom stereocenters. The molecule has 2 aromatic rings. The molecule has 1 atom stereocenters. The molecule has 4 nitrogen and oxygen atoms in total. The van der Waals surface area contributed by atoms with Crippen LogP contribution in [0.2, 0.25) is 0 Å². The van der Waals surface area contributed by atoms with Crippen LogP contribution in [0.3, 0.4) is 0 Å². The van der Waals surface area contributed by atoms with Crippen LogP contribution in [0.4, 0.5) is 4.39 Å². The van der Waals surface area contributed by atoms with Gasteiger partial charge in [-0.3, -0.25) is 4.79 Å². The first-order chi connectivity index (χ1) is 9.94. The number of thiophene rings is 1. The molecule has 1 aromatic heterocycles. The fraction of sp³-hybridized carbons (Fsp3) is 0.267. The van der Waals surface area contributed by atoms with Gasteiger partial charge in [-0.1, -0.05) is 0 Å². The molecule has 0 saturated heterocycles. The molecule has 1 heterocycles. The molecule has 6 heteroatoms. The number of rotatable bonds is 5. The number of aliphatic hydroxyl groups is 1.